The highest BCUT2D eigenvalue weighted by Crippen LogP contribution is 2.25. The molecule has 0 aromatic heterocycles. The summed E-state index contributed by atoms with van der Waals surface area (Å²) in [7, 11) is 0. The lowest BCUT2D eigenvalue weighted by Crippen LogP contribution is -2.12. The lowest BCUT2D eigenvalue weighted by molar-refractivity contribution is -0.116. The number of hydrogen-bond acceptors (Lipinski definition) is 2. The molecule has 1 N–H and O–H groups in total. The number of rotatable bonds is 4. The Morgan fingerprint density at radius 1 is 1.14 bits per heavy atom. The van der Waals surface area contributed by atoms with Crippen LogP contribution in [0.25, 0.3) is 0 Å². The summed E-state index contributed by atoms with van der Waals surface area (Å²) in [4.78, 5) is 11.9. The minimum absolute atomic E-state index is 0.122. The van der Waals surface area contributed by atoms with Gasteiger partial charge in [0.2, 0.25) is 5.91 Å². The molecule has 0 unspecified atom stereocenters. The van der Waals surface area contributed by atoms with Gasteiger partial charge < -0.3 is 5.32 Å². The highest BCUT2D eigenvalue weighted by molar-refractivity contribution is 6.36. The van der Waals surface area contributed by atoms with E-state index in [2.05, 4.69) is 11.4 Å². The van der Waals surface area contributed by atoms with E-state index in [9.17, 15) is 4.79 Å². The number of aryl methyl sites for hydroxylation is 1. The second-order valence-corrected chi connectivity index (χ2v) is 5.32. The molecule has 3 nitrogen and oxygen atoms in total. The molecule has 0 bridgehead atoms. The molecule has 0 atom stereocenters. The Balaban J connectivity index is 1.91. The lowest BCUT2D eigenvalue weighted by atomic mass is 10.1. The van der Waals surface area contributed by atoms with Gasteiger partial charge in [-0.3, -0.25) is 4.79 Å². The van der Waals surface area contributed by atoms with Crippen LogP contribution in [0.2, 0.25) is 10.0 Å². The summed E-state index contributed by atoms with van der Waals surface area (Å²) in [6, 6.07) is 14.2. The number of amides is 1. The zero-order valence-electron chi connectivity index (χ0n) is 11.1. The highest BCUT2D eigenvalue weighted by atomic mass is 35.5. The smallest absolute Gasteiger partial charge is 0.224 e. The van der Waals surface area contributed by atoms with E-state index in [0.717, 1.165) is 5.56 Å². The van der Waals surface area contributed by atoms with E-state index in [1.54, 1.807) is 30.3 Å². The van der Waals surface area contributed by atoms with Crippen molar-refractivity contribution < 1.29 is 4.79 Å². The summed E-state index contributed by atoms with van der Waals surface area (Å²) in [6.45, 7) is 0. The summed E-state index contributed by atoms with van der Waals surface area (Å²) in [5.41, 5.74) is 2.16. The molecular weight excluding hydrogens is 307 g/mol. The second kappa shape index (κ2) is 7.12. The highest BCUT2D eigenvalue weighted by Gasteiger charge is 2.07. The van der Waals surface area contributed by atoms with Crippen molar-refractivity contribution in [2.75, 3.05) is 5.32 Å². The van der Waals surface area contributed by atoms with Crippen molar-refractivity contribution in [1.82, 2.24) is 0 Å². The zero-order valence-corrected chi connectivity index (χ0v) is 12.6. The maximum Gasteiger partial charge on any atom is 0.224 e. The van der Waals surface area contributed by atoms with Crippen molar-refractivity contribution in [3.63, 3.8) is 0 Å². The average Bonchev–Trinajstić information content (AvgIpc) is 2.48. The molecule has 0 radical (unpaired) electrons. The molecule has 0 aliphatic rings. The molecule has 0 aliphatic carbocycles. The molecule has 0 saturated carbocycles. The topological polar surface area (TPSA) is 52.9 Å². The van der Waals surface area contributed by atoms with Gasteiger partial charge in [0, 0.05) is 11.4 Å². The van der Waals surface area contributed by atoms with Gasteiger partial charge in [-0.2, -0.15) is 5.26 Å². The third-order valence-corrected chi connectivity index (χ3v) is 3.48. The van der Waals surface area contributed by atoms with Gasteiger partial charge in [0.05, 0.1) is 22.3 Å². The number of carbonyl (C=O) groups is 1. The van der Waals surface area contributed by atoms with Gasteiger partial charge in [0.25, 0.3) is 0 Å². The third kappa shape index (κ3) is 4.49. The first-order chi connectivity index (χ1) is 10.1. The Bertz CT molecular complexity index is 690. The fourth-order valence-corrected chi connectivity index (χ4v) is 2.26. The Morgan fingerprint density at radius 3 is 2.48 bits per heavy atom. The SMILES string of the molecule is N#Cc1ccc(CCC(=O)Nc2ccc(Cl)cc2Cl)cc1. The molecule has 0 saturated heterocycles. The summed E-state index contributed by atoms with van der Waals surface area (Å²) >= 11 is 11.8. The first-order valence-electron chi connectivity index (χ1n) is 6.32. The number of nitrogens with one attached hydrogen (secondary N) is 1. The minimum atomic E-state index is -0.122. The number of nitriles is 1. The van der Waals surface area contributed by atoms with Crippen molar-refractivity contribution in [2.24, 2.45) is 0 Å². The van der Waals surface area contributed by atoms with Crippen LogP contribution in [-0.2, 0) is 11.2 Å². The zero-order chi connectivity index (χ0) is 15.2. The molecule has 1 amide bonds. The summed E-state index contributed by atoms with van der Waals surface area (Å²) in [6.07, 6.45) is 0.938. The van der Waals surface area contributed by atoms with E-state index in [-0.39, 0.29) is 5.91 Å². The maximum absolute atomic E-state index is 11.9. The molecule has 0 heterocycles. The maximum atomic E-state index is 11.9. The Kier molecular flexibility index (Phi) is 5.21. The van der Waals surface area contributed by atoms with Crippen molar-refractivity contribution in [1.29, 1.82) is 5.26 Å². The molecule has 2 rings (SSSR count). The number of hydrogen-bond donors (Lipinski definition) is 1. The molecular formula is C16H12Cl2N2O. The van der Waals surface area contributed by atoms with Crippen LogP contribution in [0.4, 0.5) is 5.69 Å². The monoisotopic (exact) mass is 318 g/mol. The fourth-order valence-electron chi connectivity index (χ4n) is 1.81. The fraction of sp³-hybridized carbons (Fsp3) is 0.125. The van der Waals surface area contributed by atoms with E-state index in [1.807, 2.05) is 12.1 Å². The predicted molar refractivity (Wildman–Crippen MR) is 84.6 cm³/mol. The van der Waals surface area contributed by atoms with Crippen molar-refractivity contribution >= 4 is 34.8 Å². The molecule has 21 heavy (non-hydrogen) atoms. The molecule has 2 aromatic carbocycles. The largest absolute Gasteiger partial charge is 0.325 e. The van der Waals surface area contributed by atoms with Crippen LogP contribution >= 0.6 is 23.2 Å². The first kappa shape index (κ1) is 15.4. The number of benzene rings is 2. The van der Waals surface area contributed by atoms with Gasteiger partial charge in [-0.25, -0.2) is 0 Å². The van der Waals surface area contributed by atoms with Crippen LogP contribution in [0, 0.1) is 11.3 Å². The summed E-state index contributed by atoms with van der Waals surface area (Å²) in [5.74, 6) is -0.122. The second-order valence-electron chi connectivity index (χ2n) is 4.48. The molecule has 2 aromatic rings. The van der Waals surface area contributed by atoms with Gasteiger partial charge >= 0.3 is 0 Å². The molecule has 0 aliphatic heterocycles. The van der Waals surface area contributed by atoms with Crippen LogP contribution in [-0.4, -0.2) is 5.91 Å². The van der Waals surface area contributed by atoms with E-state index in [0.29, 0.717) is 34.1 Å². The Morgan fingerprint density at radius 2 is 1.86 bits per heavy atom. The van der Waals surface area contributed by atoms with E-state index >= 15 is 0 Å². The van der Waals surface area contributed by atoms with E-state index in [1.165, 1.54) is 0 Å². The van der Waals surface area contributed by atoms with Crippen molar-refractivity contribution in [3.8, 4) is 6.07 Å². The minimum Gasteiger partial charge on any atom is -0.325 e. The normalized spacial score (nSPS) is 9.95. The van der Waals surface area contributed by atoms with Gasteiger partial charge in [0.1, 0.15) is 0 Å². The van der Waals surface area contributed by atoms with Gasteiger partial charge in [-0.15, -0.1) is 0 Å². The van der Waals surface area contributed by atoms with Crippen molar-refractivity contribution in [2.45, 2.75) is 12.8 Å². The van der Waals surface area contributed by atoms with Gasteiger partial charge in [0.15, 0.2) is 0 Å². The number of halogens is 2. The molecule has 5 heteroatoms. The van der Waals surface area contributed by atoms with Crippen LogP contribution in [0.15, 0.2) is 42.5 Å². The van der Waals surface area contributed by atoms with Gasteiger partial charge in [-0.05, 0) is 42.3 Å². The summed E-state index contributed by atoms with van der Waals surface area (Å²) < 4.78 is 0. The molecule has 0 fully saturated rings. The molecule has 0 spiro atoms. The Hall–Kier alpha value is -2.02. The number of anilines is 1. The third-order valence-electron chi connectivity index (χ3n) is 2.93. The number of carbonyl (C=O) groups excluding carboxylic acids is 1. The standard InChI is InChI=1S/C16H12Cl2N2O/c17-13-6-7-15(14(18)9-13)20-16(21)8-5-11-1-3-12(10-19)4-2-11/h1-4,6-7,9H,5,8H2,(H,20,21). The quantitative estimate of drug-likeness (QED) is 0.906. The molecule has 106 valence electrons. The lowest BCUT2D eigenvalue weighted by Gasteiger charge is -2.07. The van der Waals surface area contributed by atoms with Crippen LogP contribution in [0.5, 0.6) is 0 Å². The van der Waals surface area contributed by atoms with Crippen LogP contribution in [0.1, 0.15) is 17.5 Å². The Labute approximate surface area is 133 Å². The number of nitrogens with zero attached hydrogens (tertiary/aromatic N) is 1. The van der Waals surface area contributed by atoms with Crippen LogP contribution < -0.4 is 5.32 Å². The first-order valence-corrected chi connectivity index (χ1v) is 7.08. The van der Waals surface area contributed by atoms with Crippen LogP contribution in [0.3, 0.4) is 0 Å². The van der Waals surface area contributed by atoms with E-state index in [4.69, 9.17) is 28.5 Å². The van der Waals surface area contributed by atoms with Gasteiger partial charge in [-0.1, -0.05) is 35.3 Å². The average molecular weight is 319 g/mol. The van der Waals surface area contributed by atoms with Crippen molar-refractivity contribution in [3.05, 3.63) is 63.6 Å². The predicted octanol–water partition coefficient (Wildman–Crippen LogP) is 4.44. The summed E-state index contributed by atoms with van der Waals surface area (Å²) in [5, 5.41) is 12.4. The van der Waals surface area contributed by atoms with E-state index < -0.39 is 0 Å².